The van der Waals surface area contributed by atoms with Crippen LogP contribution in [0.15, 0.2) is 28.9 Å². The number of hydrogen-bond acceptors (Lipinski definition) is 6. The Morgan fingerprint density at radius 2 is 2.23 bits per heavy atom. The van der Waals surface area contributed by atoms with Crippen LogP contribution < -0.4 is 5.32 Å². The maximum absolute atomic E-state index is 12.6. The summed E-state index contributed by atoms with van der Waals surface area (Å²) in [5, 5.41) is 6.77. The summed E-state index contributed by atoms with van der Waals surface area (Å²) in [6.07, 6.45) is 3.50. The largest absolute Gasteiger partial charge is 0.354 e. The van der Waals surface area contributed by atoms with Crippen molar-refractivity contribution in [3.8, 4) is 0 Å². The summed E-state index contributed by atoms with van der Waals surface area (Å²) in [5.74, 6) is 1.000. The highest BCUT2D eigenvalue weighted by molar-refractivity contribution is 5.96. The van der Waals surface area contributed by atoms with Gasteiger partial charge in [0.15, 0.2) is 5.82 Å². The first-order chi connectivity index (χ1) is 12.6. The molecule has 1 atom stereocenters. The maximum atomic E-state index is 12.6. The molecule has 1 aliphatic rings. The highest BCUT2D eigenvalue weighted by Crippen LogP contribution is 2.19. The number of carbonyl (C=O) groups is 2. The third-order valence-electron chi connectivity index (χ3n) is 4.34. The first kappa shape index (κ1) is 18.0. The Labute approximate surface area is 152 Å². The van der Waals surface area contributed by atoms with E-state index in [2.05, 4.69) is 20.4 Å². The maximum Gasteiger partial charge on any atom is 0.273 e. The Hall–Kier alpha value is -2.77. The van der Waals surface area contributed by atoms with Crippen LogP contribution in [0.4, 0.5) is 0 Å². The zero-order chi connectivity index (χ0) is 18.5. The number of nitrogens with zero attached hydrogens (tertiary/aromatic N) is 4. The van der Waals surface area contributed by atoms with Gasteiger partial charge in [0.05, 0.1) is 0 Å². The van der Waals surface area contributed by atoms with Gasteiger partial charge >= 0.3 is 0 Å². The van der Waals surface area contributed by atoms with E-state index in [1.807, 2.05) is 13.8 Å². The summed E-state index contributed by atoms with van der Waals surface area (Å²) in [6.45, 7) is 4.93. The lowest BCUT2D eigenvalue weighted by Crippen LogP contribution is -2.46. The molecule has 0 unspecified atom stereocenters. The van der Waals surface area contributed by atoms with Crippen LogP contribution in [0.3, 0.4) is 0 Å². The second-order valence-electron chi connectivity index (χ2n) is 6.61. The molecule has 3 rings (SSSR count). The van der Waals surface area contributed by atoms with Gasteiger partial charge < -0.3 is 14.7 Å². The number of nitrogens with one attached hydrogen (secondary N) is 1. The van der Waals surface area contributed by atoms with E-state index in [4.69, 9.17) is 4.52 Å². The van der Waals surface area contributed by atoms with Crippen LogP contribution in [-0.4, -0.2) is 51.0 Å². The van der Waals surface area contributed by atoms with Crippen molar-refractivity contribution in [2.75, 3.05) is 13.1 Å². The lowest BCUT2D eigenvalue weighted by Gasteiger charge is -2.23. The Balaban J connectivity index is 1.54. The van der Waals surface area contributed by atoms with E-state index in [0.29, 0.717) is 43.3 Å². The summed E-state index contributed by atoms with van der Waals surface area (Å²) in [5.41, 5.74) is 0.360. The van der Waals surface area contributed by atoms with Gasteiger partial charge in [0.25, 0.3) is 5.91 Å². The highest BCUT2D eigenvalue weighted by atomic mass is 16.5. The minimum atomic E-state index is -0.460. The molecule has 2 aromatic heterocycles. The highest BCUT2D eigenvalue weighted by Gasteiger charge is 2.34. The topological polar surface area (TPSA) is 101 Å². The molecule has 138 valence electrons. The molecule has 8 nitrogen and oxygen atoms in total. The first-order valence-corrected chi connectivity index (χ1v) is 8.88. The summed E-state index contributed by atoms with van der Waals surface area (Å²) in [4.78, 5) is 35.0. The van der Waals surface area contributed by atoms with Crippen LogP contribution in [0.2, 0.25) is 0 Å². The van der Waals surface area contributed by atoms with E-state index >= 15 is 0 Å². The predicted octanol–water partition coefficient (Wildman–Crippen LogP) is 1.55. The van der Waals surface area contributed by atoms with Gasteiger partial charge in [-0.25, -0.2) is 0 Å². The molecule has 0 spiro atoms. The number of hydrogen-bond donors (Lipinski definition) is 1. The average Bonchev–Trinajstić information content (AvgIpc) is 3.31. The van der Waals surface area contributed by atoms with Gasteiger partial charge in [-0.05, 0) is 25.0 Å². The van der Waals surface area contributed by atoms with Gasteiger partial charge in [-0.15, -0.1) is 0 Å². The van der Waals surface area contributed by atoms with Gasteiger partial charge in [0.1, 0.15) is 11.7 Å². The van der Waals surface area contributed by atoms with Crippen LogP contribution in [0.1, 0.15) is 54.8 Å². The lowest BCUT2D eigenvalue weighted by molar-refractivity contribution is -0.124. The molecule has 0 bridgehead atoms. The smallest absolute Gasteiger partial charge is 0.273 e. The second kappa shape index (κ2) is 8.07. The van der Waals surface area contributed by atoms with E-state index in [9.17, 15) is 9.59 Å². The van der Waals surface area contributed by atoms with Crippen LogP contribution in [-0.2, 0) is 11.2 Å². The van der Waals surface area contributed by atoms with Crippen molar-refractivity contribution in [1.29, 1.82) is 0 Å². The van der Waals surface area contributed by atoms with Crippen LogP contribution >= 0.6 is 0 Å². The van der Waals surface area contributed by atoms with Gasteiger partial charge in [-0.3, -0.25) is 14.6 Å². The van der Waals surface area contributed by atoms with Crippen LogP contribution in [0.5, 0.6) is 0 Å². The molecule has 1 saturated heterocycles. The standard InChI is InChI=1S/C18H23N5O3/c1-12(2)16-21-15(26-22-16)8-10-20-17(24)14-7-5-11-23(14)18(25)13-6-3-4-9-19-13/h3-4,6,9,12,14H,5,7-8,10-11H2,1-2H3,(H,20,24)/t14-/m0/s1. The van der Waals surface area contributed by atoms with E-state index < -0.39 is 6.04 Å². The summed E-state index contributed by atoms with van der Waals surface area (Å²) < 4.78 is 5.17. The molecule has 1 fully saturated rings. The molecule has 1 N–H and O–H groups in total. The molecule has 3 heterocycles. The van der Waals surface area contributed by atoms with Crippen molar-refractivity contribution in [1.82, 2.24) is 25.3 Å². The van der Waals surface area contributed by atoms with E-state index in [0.717, 1.165) is 6.42 Å². The molecular weight excluding hydrogens is 334 g/mol. The van der Waals surface area contributed by atoms with Gasteiger partial charge in [-0.1, -0.05) is 25.1 Å². The molecule has 0 radical (unpaired) electrons. The number of carbonyl (C=O) groups excluding carboxylic acids is 2. The van der Waals surface area contributed by atoms with Crippen molar-refractivity contribution >= 4 is 11.8 Å². The summed E-state index contributed by atoms with van der Waals surface area (Å²) >= 11 is 0. The molecule has 26 heavy (non-hydrogen) atoms. The molecule has 0 saturated carbocycles. The Morgan fingerprint density at radius 1 is 1.38 bits per heavy atom. The molecule has 2 aromatic rings. The molecule has 2 amide bonds. The Morgan fingerprint density at radius 3 is 2.92 bits per heavy atom. The first-order valence-electron chi connectivity index (χ1n) is 8.88. The fourth-order valence-electron chi connectivity index (χ4n) is 2.93. The summed E-state index contributed by atoms with van der Waals surface area (Å²) in [7, 11) is 0. The number of aromatic nitrogens is 3. The van der Waals surface area contributed by atoms with E-state index in [1.54, 1.807) is 29.3 Å². The molecule has 1 aliphatic heterocycles. The third kappa shape index (κ3) is 4.07. The zero-order valence-corrected chi connectivity index (χ0v) is 15.0. The van der Waals surface area contributed by atoms with Gasteiger partial charge in [-0.2, -0.15) is 4.98 Å². The van der Waals surface area contributed by atoms with Crippen molar-refractivity contribution in [3.63, 3.8) is 0 Å². The van der Waals surface area contributed by atoms with E-state index in [1.165, 1.54) is 0 Å². The SMILES string of the molecule is CC(C)c1noc(CCNC(=O)[C@@H]2CCCN2C(=O)c2ccccn2)n1. The second-order valence-corrected chi connectivity index (χ2v) is 6.61. The molecular formula is C18H23N5O3. The normalized spacial score (nSPS) is 16.9. The Kier molecular flexibility index (Phi) is 5.60. The summed E-state index contributed by atoms with van der Waals surface area (Å²) in [6, 6.07) is 4.73. The quantitative estimate of drug-likeness (QED) is 0.842. The van der Waals surface area contributed by atoms with Crippen LogP contribution in [0.25, 0.3) is 0 Å². The fraction of sp³-hybridized carbons (Fsp3) is 0.500. The fourth-order valence-corrected chi connectivity index (χ4v) is 2.93. The minimum Gasteiger partial charge on any atom is -0.354 e. The number of likely N-dealkylation sites (tertiary alicyclic amines) is 1. The van der Waals surface area contributed by atoms with Crippen molar-refractivity contribution in [3.05, 3.63) is 41.8 Å². The molecule has 8 heteroatoms. The number of rotatable bonds is 6. The average molecular weight is 357 g/mol. The predicted molar refractivity (Wildman–Crippen MR) is 93.4 cm³/mol. The van der Waals surface area contributed by atoms with Gasteiger partial charge in [0.2, 0.25) is 11.8 Å². The van der Waals surface area contributed by atoms with Crippen molar-refractivity contribution < 1.29 is 14.1 Å². The number of amides is 2. The zero-order valence-electron chi connectivity index (χ0n) is 15.0. The van der Waals surface area contributed by atoms with Crippen LogP contribution in [0, 0.1) is 0 Å². The lowest BCUT2D eigenvalue weighted by atomic mass is 10.2. The molecule has 0 aliphatic carbocycles. The Bertz CT molecular complexity index is 759. The monoisotopic (exact) mass is 357 g/mol. The third-order valence-corrected chi connectivity index (χ3v) is 4.34. The van der Waals surface area contributed by atoms with E-state index in [-0.39, 0.29) is 17.7 Å². The minimum absolute atomic E-state index is 0.157. The molecule has 0 aromatic carbocycles. The van der Waals surface area contributed by atoms with Crippen molar-refractivity contribution in [2.24, 2.45) is 0 Å². The van der Waals surface area contributed by atoms with Crippen molar-refractivity contribution in [2.45, 2.75) is 45.1 Å². The van der Waals surface area contributed by atoms with Gasteiger partial charge in [0, 0.05) is 31.6 Å². The number of pyridine rings is 1.